The Bertz CT molecular complexity index is 1180. The average molecular weight is 312 g/mol. The van der Waals surface area contributed by atoms with Gasteiger partial charge in [-0.25, -0.2) is 19.9 Å². The standard InChI is InChI=1S/C18H12N6/c19-9-5-13-14(6-10(9)20)24-18-8-16-15(7-17(18)23-13)21-11-3-1-2-4-12(11)22-16/h1-8H,19-20H2. The van der Waals surface area contributed by atoms with Gasteiger partial charge in [0.15, 0.2) is 0 Å². The molecule has 6 heteroatoms. The Morgan fingerprint density at radius 2 is 0.792 bits per heavy atom. The molecule has 0 radical (unpaired) electrons. The first-order valence-electron chi connectivity index (χ1n) is 7.50. The summed E-state index contributed by atoms with van der Waals surface area (Å²) in [6.07, 6.45) is 0. The van der Waals surface area contributed by atoms with Gasteiger partial charge in [-0.05, 0) is 36.4 Å². The highest BCUT2D eigenvalue weighted by molar-refractivity contribution is 5.98. The van der Waals surface area contributed by atoms with Crippen molar-refractivity contribution in [1.82, 2.24) is 19.9 Å². The van der Waals surface area contributed by atoms with Gasteiger partial charge in [0.25, 0.3) is 0 Å². The Kier molecular flexibility index (Phi) is 2.42. The number of benzene rings is 3. The quantitative estimate of drug-likeness (QED) is 0.336. The number of hydrogen-bond acceptors (Lipinski definition) is 6. The topological polar surface area (TPSA) is 104 Å². The van der Waals surface area contributed by atoms with Crippen molar-refractivity contribution in [2.75, 3.05) is 11.5 Å². The molecule has 5 rings (SSSR count). The summed E-state index contributed by atoms with van der Waals surface area (Å²) < 4.78 is 0. The molecule has 4 N–H and O–H groups in total. The molecule has 24 heavy (non-hydrogen) atoms. The summed E-state index contributed by atoms with van der Waals surface area (Å²) in [4.78, 5) is 18.6. The van der Waals surface area contributed by atoms with Crippen molar-refractivity contribution in [2.45, 2.75) is 0 Å². The van der Waals surface area contributed by atoms with Crippen LogP contribution >= 0.6 is 0 Å². The van der Waals surface area contributed by atoms with Crippen LogP contribution in [0.1, 0.15) is 0 Å². The molecule has 2 aromatic heterocycles. The van der Waals surface area contributed by atoms with Crippen LogP contribution in [0.4, 0.5) is 11.4 Å². The second-order valence-electron chi connectivity index (χ2n) is 5.74. The lowest BCUT2D eigenvalue weighted by atomic mass is 10.2. The fourth-order valence-corrected chi connectivity index (χ4v) is 2.87. The highest BCUT2D eigenvalue weighted by Crippen LogP contribution is 2.26. The maximum absolute atomic E-state index is 5.87. The smallest absolute Gasteiger partial charge is 0.0917 e. The van der Waals surface area contributed by atoms with Gasteiger partial charge < -0.3 is 11.5 Å². The van der Waals surface area contributed by atoms with Gasteiger partial charge in [-0.2, -0.15) is 0 Å². The Balaban J connectivity index is 1.89. The predicted molar refractivity (Wildman–Crippen MR) is 96.5 cm³/mol. The molecular formula is C18H12N6. The second-order valence-corrected chi connectivity index (χ2v) is 5.74. The Hall–Kier alpha value is -3.54. The fourth-order valence-electron chi connectivity index (χ4n) is 2.87. The molecule has 5 aromatic rings. The summed E-state index contributed by atoms with van der Waals surface area (Å²) in [6.45, 7) is 0. The van der Waals surface area contributed by atoms with Crippen LogP contribution in [0.25, 0.3) is 44.1 Å². The first kappa shape index (κ1) is 13.0. The molecule has 2 heterocycles. The average Bonchev–Trinajstić information content (AvgIpc) is 2.58. The monoisotopic (exact) mass is 312 g/mol. The molecule has 0 aliphatic carbocycles. The van der Waals surface area contributed by atoms with Crippen molar-refractivity contribution in [3.05, 3.63) is 48.5 Å². The van der Waals surface area contributed by atoms with Crippen LogP contribution in [0.15, 0.2) is 48.5 Å². The van der Waals surface area contributed by atoms with E-state index in [1.54, 1.807) is 12.1 Å². The minimum absolute atomic E-state index is 0.503. The lowest BCUT2D eigenvalue weighted by Crippen LogP contribution is -1.97. The van der Waals surface area contributed by atoms with E-state index in [9.17, 15) is 0 Å². The summed E-state index contributed by atoms with van der Waals surface area (Å²) in [5, 5.41) is 0. The Morgan fingerprint density at radius 1 is 0.458 bits per heavy atom. The number of para-hydroxylation sites is 2. The SMILES string of the molecule is Nc1cc2nc3cc4nc5ccccc5nc4cc3nc2cc1N. The van der Waals surface area contributed by atoms with Crippen molar-refractivity contribution in [2.24, 2.45) is 0 Å². The zero-order valence-electron chi connectivity index (χ0n) is 12.6. The number of rotatable bonds is 0. The molecule has 3 aromatic carbocycles. The molecule has 0 saturated carbocycles. The fraction of sp³-hybridized carbons (Fsp3) is 0. The first-order valence-corrected chi connectivity index (χ1v) is 7.50. The molecule has 0 amide bonds. The van der Waals surface area contributed by atoms with E-state index in [0.717, 1.165) is 33.1 Å². The van der Waals surface area contributed by atoms with Gasteiger partial charge in [-0.3, -0.25) is 0 Å². The lowest BCUT2D eigenvalue weighted by molar-refractivity contribution is 1.36. The van der Waals surface area contributed by atoms with Gasteiger partial charge >= 0.3 is 0 Å². The number of nitrogens with two attached hydrogens (primary N) is 2. The van der Waals surface area contributed by atoms with Gasteiger partial charge in [0.1, 0.15) is 0 Å². The lowest BCUT2D eigenvalue weighted by Gasteiger charge is -2.06. The molecule has 0 unspecified atom stereocenters. The van der Waals surface area contributed by atoms with Gasteiger partial charge in [-0.15, -0.1) is 0 Å². The van der Waals surface area contributed by atoms with E-state index >= 15 is 0 Å². The van der Waals surface area contributed by atoms with Crippen LogP contribution in [-0.4, -0.2) is 19.9 Å². The minimum atomic E-state index is 0.503. The zero-order valence-corrected chi connectivity index (χ0v) is 12.6. The van der Waals surface area contributed by atoms with Gasteiger partial charge in [0, 0.05) is 0 Å². The molecule has 0 atom stereocenters. The van der Waals surface area contributed by atoms with Crippen LogP contribution in [0.5, 0.6) is 0 Å². The molecule has 114 valence electrons. The third kappa shape index (κ3) is 1.83. The molecule has 0 bridgehead atoms. The van der Waals surface area contributed by atoms with Gasteiger partial charge in [0.2, 0.25) is 0 Å². The highest BCUT2D eigenvalue weighted by Gasteiger charge is 2.08. The van der Waals surface area contributed by atoms with Crippen LogP contribution in [0.2, 0.25) is 0 Å². The van der Waals surface area contributed by atoms with E-state index in [1.165, 1.54) is 0 Å². The Morgan fingerprint density at radius 3 is 1.21 bits per heavy atom. The number of aromatic nitrogens is 4. The number of fused-ring (bicyclic) bond motifs is 4. The van der Waals surface area contributed by atoms with Crippen molar-refractivity contribution >= 4 is 55.5 Å². The summed E-state index contributed by atoms with van der Waals surface area (Å²) in [5.41, 5.74) is 19.0. The van der Waals surface area contributed by atoms with E-state index in [2.05, 4.69) is 19.9 Å². The molecule has 6 nitrogen and oxygen atoms in total. The van der Waals surface area contributed by atoms with E-state index in [4.69, 9.17) is 11.5 Å². The number of nitrogen functional groups attached to an aromatic ring is 2. The van der Waals surface area contributed by atoms with Crippen LogP contribution in [-0.2, 0) is 0 Å². The largest absolute Gasteiger partial charge is 0.397 e. The third-order valence-corrected chi connectivity index (χ3v) is 4.10. The Labute approximate surface area is 136 Å². The first-order chi connectivity index (χ1) is 11.7. The van der Waals surface area contributed by atoms with E-state index in [0.29, 0.717) is 22.4 Å². The van der Waals surface area contributed by atoms with E-state index in [-0.39, 0.29) is 0 Å². The van der Waals surface area contributed by atoms with Crippen molar-refractivity contribution < 1.29 is 0 Å². The molecular weight excluding hydrogens is 300 g/mol. The van der Waals surface area contributed by atoms with Crippen molar-refractivity contribution in [3.8, 4) is 0 Å². The molecule has 0 saturated heterocycles. The van der Waals surface area contributed by atoms with Gasteiger partial charge in [0.05, 0.1) is 55.5 Å². The summed E-state index contributed by atoms with van der Waals surface area (Å²) >= 11 is 0. The maximum Gasteiger partial charge on any atom is 0.0917 e. The second kappa shape index (κ2) is 4.48. The normalized spacial score (nSPS) is 11.7. The van der Waals surface area contributed by atoms with Crippen molar-refractivity contribution in [1.29, 1.82) is 0 Å². The maximum atomic E-state index is 5.87. The minimum Gasteiger partial charge on any atom is -0.397 e. The predicted octanol–water partition coefficient (Wildman–Crippen LogP) is 3.04. The molecule has 0 aliphatic rings. The number of nitrogens with zero attached hydrogens (tertiary/aromatic N) is 4. The van der Waals surface area contributed by atoms with E-state index < -0.39 is 0 Å². The summed E-state index contributed by atoms with van der Waals surface area (Å²) in [5.74, 6) is 0. The third-order valence-electron chi connectivity index (χ3n) is 4.10. The summed E-state index contributed by atoms with van der Waals surface area (Å²) in [6, 6.07) is 15.1. The van der Waals surface area contributed by atoms with Gasteiger partial charge in [-0.1, -0.05) is 12.1 Å². The molecule has 0 spiro atoms. The number of anilines is 2. The number of hydrogen-bond donors (Lipinski definition) is 2. The van der Waals surface area contributed by atoms with Crippen molar-refractivity contribution in [3.63, 3.8) is 0 Å². The molecule has 0 aliphatic heterocycles. The van der Waals surface area contributed by atoms with Crippen LogP contribution in [0.3, 0.4) is 0 Å². The van der Waals surface area contributed by atoms with E-state index in [1.807, 2.05) is 36.4 Å². The zero-order chi connectivity index (χ0) is 16.3. The molecule has 0 fully saturated rings. The van der Waals surface area contributed by atoms with Crippen LogP contribution in [0, 0.1) is 0 Å². The highest BCUT2D eigenvalue weighted by atomic mass is 14.8. The summed E-state index contributed by atoms with van der Waals surface area (Å²) in [7, 11) is 0. The van der Waals surface area contributed by atoms with Crippen LogP contribution < -0.4 is 11.5 Å².